The lowest BCUT2D eigenvalue weighted by molar-refractivity contribution is -0.190. The molecule has 0 fully saturated rings. The van der Waals surface area contributed by atoms with Gasteiger partial charge >= 0.3 is 0 Å². The van der Waals surface area contributed by atoms with Crippen molar-refractivity contribution in [3.63, 3.8) is 0 Å². The van der Waals surface area contributed by atoms with Crippen LogP contribution in [0.3, 0.4) is 0 Å². The average molecular weight is 310 g/mol. The SMILES string of the molecule is CC(=O)C(O)(CO)C(O)(C(C)=O)C(C)=O.OCC(O)CO. The third kappa shape index (κ3) is 4.92. The molecule has 1 unspecified atom stereocenters. The van der Waals surface area contributed by atoms with Crippen molar-refractivity contribution in [3.8, 4) is 0 Å². The molecule has 0 saturated carbocycles. The van der Waals surface area contributed by atoms with Gasteiger partial charge in [0.2, 0.25) is 5.60 Å². The van der Waals surface area contributed by atoms with E-state index in [-0.39, 0.29) is 13.2 Å². The molecule has 21 heavy (non-hydrogen) atoms. The number of hydrogen-bond donors (Lipinski definition) is 6. The Kier molecular flexibility index (Phi) is 9.37. The lowest BCUT2D eigenvalue weighted by Gasteiger charge is -2.36. The fourth-order valence-corrected chi connectivity index (χ4v) is 1.37. The highest BCUT2D eigenvalue weighted by molar-refractivity contribution is 6.14. The van der Waals surface area contributed by atoms with Crippen molar-refractivity contribution in [3.05, 3.63) is 0 Å². The zero-order chi connectivity index (χ0) is 17.4. The van der Waals surface area contributed by atoms with Gasteiger partial charge in [0.15, 0.2) is 23.0 Å². The molecule has 0 aliphatic rings. The van der Waals surface area contributed by atoms with E-state index in [4.69, 9.17) is 20.4 Å². The van der Waals surface area contributed by atoms with Gasteiger partial charge < -0.3 is 30.6 Å². The highest BCUT2D eigenvalue weighted by Crippen LogP contribution is 2.25. The second-order valence-electron chi connectivity index (χ2n) is 4.42. The molecular formula is C12H22O9. The van der Waals surface area contributed by atoms with E-state index in [1.807, 2.05) is 0 Å². The first-order chi connectivity index (χ1) is 9.45. The largest absolute Gasteiger partial charge is 0.394 e. The van der Waals surface area contributed by atoms with Gasteiger partial charge in [-0.2, -0.15) is 0 Å². The van der Waals surface area contributed by atoms with Crippen LogP contribution < -0.4 is 0 Å². The summed E-state index contributed by atoms with van der Waals surface area (Å²) in [5.74, 6) is -3.25. The van der Waals surface area contributed by atoms with Crippen LogP contribution >= 0.6 is 0 Å². The first kappa shape index (κ1) is 22.1. The Morgan fingerprint density at radius 2 is 1.19 bits per heavy atom. The molecule has 0 aromatic rings. The van der Waals surface area contributed by atoms with Gasteiger partial charge in [0, 0.05) is 0 Å². The molecule has 6 N–H and O–H groups in total. The van der Waals surface area contributed by atoms with E-state index >= 15 is 0 Å². The first-order valence-corrected chi connectivity index (χ1v) is 5.94. The van der Waals surface area contributed by atoms with E-state index in [0.717, 1.165) is 20.8 Å². The predicted octanol–water partition coefficient (Wildman–Crippen LogP) is -3.46. The van der Waals surface area contributed by atoms with Crippen molar-refractivity contribution in [2.24, 2.45) is 0 Å². The van der Waals surface area contributed by atoms with E-state index in [9.17, 15) is 24.6 Å². The maximum absolute atomic E-state index is 11.1. The molecular weight excluding hydrogens is 288 g/mol. The third-order valence-corrected chi connectivity index (χ3v) is 2.85. The van der Waals surface area contributed by atoms with E-state index in [0.29, 0.717) is 0 Å². The van der Waals surface area contributed by atoms with Crippen molar-refractivity contribution in [2.75, 3.05) is 19.8 Å². The summed E-state index contributed by atoms with van der Waals surface area (Å²) in [6, 6.07) is 0. The minimum atomic E-state index is -2.90. The zero-order valence-electron chi connectivity index (χ0n) is 12.1. The summed E-state index contributed by atoms with van der Waals surface area (Å²) >= 11 is 0. The highest BCUT2D eigenvalue weighted by atomic mass is 16.4. The van der Waals surface area contributed by atoms with Crippen molar-refractivity contribution >= 4 is 17.3 Å². The number of aliphatic hydroxyl groups is 6. The lowest BCUT2D eigenvalue weighted by Crippen LogP contribution is -2.68. The van der Waals surface area contributed by atoms with Gasteiger partial charge in [0.1, 0.15) is 6.10 Å². The van der Waals surface area contributed by atoms with Crippen LogP contribution in [0.5, 0.6) is 0 Å². The van der Waals surface area contributed by atoms with Crippen LogP contribution in [0.15, 0.2) is 0 Å². The summed E-state index contributed by atoms with van der Waals surface area (Å²) in [7, 11) is 0. The van der Waals surface area contributed by atoms with Gasteiger partial charge in [-0.15, -0.1) is 0 Å². The number of rotatable bonds is 7. The maximum Gasteiger partial charge on any atom is 0.219 e. The lowest BCUT2D eigenvalue weighted by atomic mass is 9.75. The van der Waals surface area contributed by atoms with Crippen molar-refractivity contribution in [1.82, 2.24) is 0 Å². The monoisotopic (exact) mass is 310 g/mol. The van der Waals surface area contributed by atoms with Gasteiger partial charge in [-0.3, -0.25) is 14.4 Å². The Balaban J connectivity index is 0. The molecule has 9 heteroatoms. The Labute approximate surface area is 121 Å². The topological polar surface area (TPSA) is 173 Å². The smallest absolute Gasteiger partial charge is 0.219 e. The molecule has 0 spiro atoms. The molecule has 0 rings (SSSR count). The van der Waals surface area contributed by atoms with Crippen LogP contribution in [0.25, 0.3) is 0 Å². The minimum absolute atomic E-state index is 0.365. The van der Waals surface area contributed by atoms with Gasteiger partial charge in [-0.05, 0) is 20.8 Å². The Morgan fingerprint density at radius 3 is 1.24 bits per heavy atom. The number of carbonyl (C=O) groups excluding carboxylic acids is 3. The van der Waals surface area contributed by atoms with Crippen molar-refractivity contribution < 1.29 is 45.0 Å². The fraction of sp³-hybridized carbons (Fsp3) is 0.750. The van der Waals surface area contributed by atoms with Crippen LogP contribution in [0.2, 0.25) is 0 Å². The Bertz CT molecular complexity index is 361. The van der Waals surface area contributed by atoms with E-state index in [1.54, 1.807) is 0 Å². The molecule has 0 aliphatic heterocycles. The standard InChI is InChI=1S/C9H14O6.C3H8O3/c1-5(11)8(14,4-10)9(15,6(2)12)7(3)13;4-1-3(6)2-5/h10,14-15H,4H2,1-3H3;3-6H,1-2H2. The van der Waals surface area contributed by atoms with E-state index in [2.05, 4.69) is 0 Å². The minimum Gasteiger partial charge on any atom is -0.394 e. The number of carbonyl (C=O) groups is 3. The molecule has 0 heterocycles. The van der Waals surface area contributed by atoms with Gasteiger partial charge in [-0.1, -0.05) is 0 Å². The number of Topliss-reactive ketones (excluding diaryl/α,β-unsaturated/α-hetero) is 3. The maximum atomic E-state index is 11.1. The van der Waals surface area contributed by atoms with Crippen LogP contribution in [0, 0.1) is 0 Å². The van der Waals surface area contributed by atoms with Gasteiger partial charge in [0.05, 0.1) is 19.8 Å². The zero-order valence-corrected chi connectivity index (χ0v) is 12.1. The number of ketones is 3. The summed E-state index contributed by atoms with van der Waals surface area (Å²) < 4.78 is 0. The van der Waals surface area contributed by atoms with Crippen LogP contribution in [-0.4, -0.2) is 85.1 Å². The summed E-state index contributed by atoms with van der Waals surface area (Å²) in [5.41, 5.74) is -5.68. The summed E-state index contributed by atoms with van der Waals surface area (Å²) in [5, 5.41) is 52.3. The molecule has 0 aliphatic carbocycles. The highest BCUT2D eigenvalue weighted by Gasteiger charge is 2.59. The van der Waals surface area contributed by atoms with Crippen molar-refractivity contribution in [2.45, 2.75) is 38.1 Å². The Morgan fingerprint density at radius 1 is 0.857 bits per heavy atom. The summed E-state index contributed by atoms with van der Waals surface area (Å²) in [4.78, 5) is 33.3. The molecule has 0 bridgehead atoms. The fourth-order valence-electron chi connectivity index (χ4n) is 1.37. The molecule has 1 atom stereocenters. The molecule has 124 valence electrons. The second-order valence-corrected chi connectivity index (χ2v) is 4.42. The van der Waals surface area contributed by atoms with Gasteiger partial charge in [-0.25, -0.2) is 0 Å². The molecule has 0 aromatic carbocycles. The molecule has 0 radical (unpaired) electrons. The third-order valence-electron chi connectivity index (χ3n) is 2.85. The van der Waals surface area contributed by atoms with Crippen molar-refractivity contribution in [1.29, 1.82) is 0 Å². The molecule has 0 amide bonds. The summed E-state index contributed by atoms with van der Waals surface area (Å²) in [6.07, 6.45) is -0.954. The molecule has 9 nitrogen and oxygen atoms in total. The van der Waals surface area contributed by atoms with Crippen LogP contribution in [-0.2, 0) is 14.4 Å². The Hall–Kier alpha value is -1.23. The summed E-state index contributed by atoms with van der Waals surface area (Å²) in [6.45, 7) is 0.633. The second kappa shape index (κ2) is 8.93. The number of aliphatic hydroxyl groups excluding tert-OH is 4. The van der Waals surface area contributed by atoms with E-state index < -0.39 is 41.3 Å². The average Bonchev–Trinajstić information content (AvgIpc) is 2.44. The predicted molar refractivity (Wildman–Crippen MR) is 69.2 cm³/mol. The van der Waals surface area contributed by atoms with Crippen LogP contribution in [0.1, 0.15) is 20.8 Å². The number of hydrogen-bond acceptors (Lipinski definition) is 9. The molecule has 0 aromatic heterocycles. The normalized spacial score (nSPS) is 14.0. The van der Waals surface area contributed by atoms with Gasteiger partial charge in [0.25, 0.3) is 0 Å². The molecule has 0 saturated heterocycles. The first-order valence-electron chi connectivity index (χ1n) is 5.94. The van der Waals surface area contributed by atoms with Crippen LogP contribution in [0.4, 0.5) is 0 Å². The van der Waals surface area contributed by atoms with E-state index in [1.165, 1.54) is 0 Å². The quantitative estimate of drug-likeness (QED) is 0.261.